The lowest BCUT2D eigenvalue weighted by molar-refractivity contribution is 0.466. The van der Waals surface area contributed by atoms with Gasteiger partial charge in [0.15, 0.2) is 5.09 Å². The van der Waals surface area contributed by atoms with Gasteiger partial charge in [0.1, 0.15) is 5.76 Å². The van der Waals surface area contributed by atoms with Crippen molar-refractivity contribution in [2.24, 2.45) is 4.99 Å². The number of halogens is 1. The van der Waals surface area contributed by atoms with Crippen LogP contribution in [-0.2, 0) is 0 Å². The molecular formula is C19H16BrNOS2. The van der Waals surface area contributed by atoms with E-state index in [1.807, 2.05) is 30.5 Å². The first-order valence-corrected chi connectivity index (χ1v) is 10.2. The molecule has 5 heteroatoms. The number of benzene rings is 2. The fourth-order valence-corrected chi connectivity index (χ4v) is 3.96. The maximum atomic E-state index is 5.90. The van der Waals surface area contributed by atoms with Crippen LogP contribution in [0.1, 0.15) is 11.3 Å². The highest BCUT2D eigenvalue weighted by Gasteiger charge is 2.10. The lowest BCUT2D eigenvalue weighted by atomic mass is 10.2. The number of aliphatic imine (C=N–C) groups is 1. The summed E-state index contributed by atoms with van der Waals surface area (Å²) in [5.41, 5.74) is 2.20. The standard InChI is InChI=1S/C19H16BrNOS2/c1-13-7-9-15(10-8-13)24-19-16(20)11-14(22-19)12-21-17-5-3-4-6-18(17)23-2/h3-12H,1-2H3. The van der Waals surface area contributed by atoms with E-state index in [2.05, 4.69) is 58.2 Å². The molecule has 0 unspecified atom stereocenters. The Bertz CT molecular complexity index is 856. The Morgan fingerprint density at radius 1 is 1.08 bits per heavy atom. The number of rotatable bonds is 5. The quantitative estimate of drug-likeness (QED) is 0.330. The van der Waals surface area contributed by atoms with E-state index in [1.54, 1.807) is 29.7 Å². The Kier molecular flexibility index (Phi) is 5.87. The van der Waals surface area contributed by atoms with Crippen LogP contribution in [0.2, 0.25) is 0 Å². The molecule has 0 bridgehead atoms. The first kappa shape index (κ1) is 17.4. The topological polar surface area (TPSA) is 25.5 Å². The number of furan rings is 1. The summed E-state index contributed by atoms with van der Waals surface area (Å²) >= 11 is 6.84. The molecule has 2 nitrogen and oxygen atoms in total. The normalized spacial score (nSPS) is 11.3. The van der Waals surface area contributed by atoms with E-state index in [9.17, 15) is 0 Å². The summed E-state index contributed by atoms with van der Waals surface area (Å²) in [5, 5.41) is 0.832. The van der Waals surface area contributed by atoms with E-state index in [1.165, 1.54) is 5.56 Å². The average molecular weight is 418 g/mol. The molecule has 3 aromatic rings. The minimum atomic E-state index is 0.729. The zero-order valence-electron chi connectivity index (χ0n) is 13.3. The van der Waals surface area contributed by atoms with Crippen LogP contribution in [0.4, 0.5) is 5.69 Å². The lowest BCUT2D eigenvalue weighted by Crippen LogP contribution is -1.76. The second-order valence-electron chi connectivity index (χ2n) is 5.13. The third-order valence-corrected chi connectivity index (χ3v) is 5.96. The lowest BCUT2D eigenvalue weighted by Gasteiger charge is -2.00. The molecule has 0 N–H and O–H groups in total. The van der Waals surface area contributed by atoms with Crippen LogP contribution in [0, 0.1) is 6.92 Å². The molecule has 0 radical (unpaired) electrons. The van der Waals surface area contributed by atoms with Crippen molar-refractivity contribution in [3.63, 3.8) is 0 Å². The smallest absolute Gasteiger partial charge is 0.179 e. The van der Waals surface area contributed by atoms with Crippen molar-refractivity contribution in [3.05, 3.63) is 70.4 Å². The molecule has 0 spiro atoms. The Morgan fingerprint density at radius 2 is 1.83 bits per heavy atom. The summed E-state index contributed by atoms with van der Waals surface area (Å²) < 4.78 is 6.84. The van der Waals surface area contributed by atoms with Gasteiger partial charge >= 0.3 is 0 Å². The monoisotopic (exact) mass is 417 g/mol. The third kappa shape index (κ3) is 4.35. The van der Waals surface area contributed by atoms with Crippen LogP contribution in [0.25, 0.3) is 0 Å². The molecule has 0 aliphatic heterocycles. The SMILES string of the molecule is CSc1ccccc1N=Cc1cc(Br)c(Sc2ccc(C)cc2)o1. The van der Waals surface area contributed by atoms with Gasteiger partial charge in [0.2, 0.25) is 0 Å². The van der Waals surface area contributed by atoms with Crippen molar-refractivity contribution >= 4 is 51.4 Å². The highest BCUT2D eigenvalue weighted by atomic mass is 79.9. The number of aryl methyl sites for hydroxylation is 1. The fraction of sp³-hybridized carbons (Fsp3) is 0.105. The largest absolute Gasteiger partial charge is 0.447 e. The number of nitrogens with zero attached hydrogens (tertiary/aromatic N) is 1. The molecule has 0 amide bonds. The van der Waals surface area contributed by atoms with Crippen LogP contribution < -0.4 is 0 Å². The summed E-state index contributed by atoms with van der Waals surface area (Å²) in [6.45, 7) is 2.08. The average Bonchev–Trinajstić information content (AvgIpc) is 2.95. The van der Waals surface area contributed by atoms with Crippen LogP contribution in [-0.4, -0.2) is 12.5 Å². The fourth-order valence-electron chi connectivity index (χ4n) is 2.09. The van der Waals surface area contributed by atoms with E-state index in [-0.39, 0.29) is 0 Å². The van der Waals surface area contributed by atoms with Gasteiger partial charge in [-0.05, 0) is 53.4 Å². The molecule has 0 fully saturated rings. The van der Waals surface area contributed by atoms with Crippen molar-refractivity contribution in [1.82, 2.24) is 0 Å². The minimum absolute atomic E-state index is 0.729. The van der Waals surface area contributed by atoms with Gasteiger partial charge in [-0.2, -0.15) is 0 Å². The predicted molar refractivity (Wildman–Crippen MR) is 107 cm³/mol. The Labute approximate surface area is 158 Å². The van der Waals surface area contributed by atoms with Gasteiger partial charge in [0.05, 0.1) is 16.4 Å². The maximum Gasteiger partial charge on any atom is 0.179 e. The zero-order valence-corrected chi connectivity index (χ0v) is 16.5. The summed E-state index contributed by atoms with van der Waals surface area (Å²) in [6.07, 6.45) is 3.81. The van der Waals surface area contributed by atoms with Gasteiger partial charge in [-0.25, -0.2) is 0 Å². The second kappa shape index (κ2) is 8.10. The second-order valence-corrected chi connectivity index (χ2v) is 7.88. The first-order chi connectivity index (χ1) is 11.7. The van der Waals surface area contributed by atoms with Crippen molar-refractivity contribution in [3.8, 4) is 0 Å². The van der Waals surface area contributed by atoms with Crippen molar-refractivity contribution in [2.45, 2.75) is 21.8 Å². The van der Waals surface area contributed by atoms with Gasteiger partial charge in [-0.15, -0.1) is 11.8 Å². The van der Waals surface area contributed by atoms with Gasteiger partial charge in [-0.1, -0.05) is 41.6 Å². The molecule has 0 saturated carbocycles. The Morgan fingerprint density at radius 3 is 2.58 bits per heavy atom. The van der Waals surface area contributed by atoms with Gasteiger partial charge in [-0.3, -0.25) is 4.99 Å². The molecule has 2 aromatic carbocycles. The van der Waals surface area contributed by atoms with Gasteiger partial charge in [0.25, 0.3) is 0 Å². The number of hydrogen-bond donors (Lipinski definition) is 0. The van der Waals surface area contributed by atoms with Crippen molar-refractivity contribution in [1.29, 1.82) is 0 Å². The van der Waals surface area contributed by atoms with Crippen LogP contribution in [0.15, 0.2) is 83.4 Å². The summed E-state index contributed by atoms with van der Waals surface area (Å²) in [4.78, 5) is 6.84. The minimum Gasteiger partial charge on any atom is -0.447 e. The Hall–Kier alpha value is -1.43. The van der Waals surface area contributed by atoms with E-state index in [4.69, 9.17) is 4.42 Å². The molecule has 3 rings (SSSR count). The van der Waals surface area contributed by atoms with Crippen molar-refractivity contribution in [2.75, 3.05) is 6.26 Å². The predicted octanol–water partition coefficient (Wildman–Crippen LogP) is 6.97. The number of thioether (sulfide) groups is 1. The van der Waals surface area contributed by atoms with Crippen LogP contribution in [0.3, 0.4) is 0 Å². The van der Waals surface area contributed by atoms with Crippen molar-refractivity contribution < 1.29 is 4.42 Å². The molecule has 24 heavy (non-hydrogen) atoms. The highest BCUT2D eigenvalue weighted by molar-refractivity contribution is 9.10. The summed E-state index contributed by atoms with van der Waals surface area (Å²) in [5.74, 6) is 0.729. The molecular weight excluding hydrogens is 402 g/mol. The first-order valence-electron chi connectivity index (χ1n) is 7.36. The summed E-state index contributed by atoms with van der Waals surface area (Å²) in [7, 11) is 0. The van der Waals surface area contributed by atoms with Crippen LogP contribution in [0.5, 0.6) is 0 Å². The van der Waals surface area contributed by atoms with Gasteiger partial charge < -0.3 is 4.42 Å². The van der Waals surface area contributed by atoms with E-state index in [0.717, 1.165) is 30.8 Å². The molecule has 0 aliphatic carbocycles. The molecule has 0 saturated heterocycles. The molecule has 0 aliphatic rings. The van der Waals surface area contributed by atoms with E-state index < -0.39 is 0 Å². The van der Waals surface area contributed by atoms with Crippen LogP contribution >= 0.6 is 39.5 Å². The van der Waals surface area contributed by atoms with Gasteiger partial charge in [0, 0.05) is 15.9 Å². The molecule has 0 atom stereocenters. The molecule has 1 heterocycles. The zero-order chi connectivity index (χ0) is 16.9. The molecule has 122 valence electrons. The number of para-hydroxylation sites is 1. The van der Waals surface area contributed by atoms with E-state index in [0.29, 0.717) is 0 Å². The Balaban J connectivity index is 1.78. The number of hydrogen-bond acceptors (Lipinski definition) is 4. The molecule has 1 aromatic heterocycles. The maximum absolute atomic E-state index is 5.90. The highest BCUT2D eigenvalue weighted by Crippen LogP contribution is 2.36. The van der Waals surface area contributed by atoms with E-state index >= 15 is 0 Å². The summed E-state index contributed by atoms with van der Waals surface area (Å²) in [6, 6.07) is 18.4. The third-order valence-electron chi connectivity index (χ3n) is 3.32.